The Labute approximate surface area is 170 Å². The number of amides is 1. The summed E-state index contributed by atoms with van der Waals surface area (Å²) in [6.07, 6.45) is 3.71. The molecule has 1 fully saturated rings. The van der Waals surface area contributed by atoms with Crippen LogP contribution in [0.2, 0.25) is 0 Å². The number of anilines is 2. The fourth-order valence-electron chi connectivity index (χ4n) is 3.11. The molecule has 0 unspecified atom stereocenters. The van der Waals surface area contributed by atoms with E-state index < -0.39 is 11.9 Å². The summed E-state index contributed by atoms with van der Waals surface area (Å²) in [5, 5.41) is 2.72. The molecule has 0 spiro atoms. The highest BCUT2D eigenvalue weighted by molar-refractivity contribution is 5.93. The Bertz CT molecular complexity index is 799. The van der Waals surface area contributed by atoms with E-state index in [0.717, 1.165) is 18.8 Å². The molecule has 29 heavy (non-hydrogen) atoms. The molecule has 0 radical (unpaired) electrons. The van der Waals surface area contributed by atoms with Crippen LogP contribution in [-0.2, 0) is 14.3 Å². The zero-order valence-electron chi connectivity index (χ0n) is 16.6. The van der Waals surface area contributed by atoms with Crippen molar-refractivity contribution in [1.29, 1.82) is 0 Å². The number of nitrogens with one attached hydrogen (secondary N) is 1. The van der Waals surface area contributed by atoms with Crippen LogP contribution in [0, 0.1) is 0 Å². The monoisotopic (exact) mass is 398 g/mol. The maximum absolute atomic E-state index is 12.0. The second-order valence-corrected chi connectivity index (χ2v) is 6.77. The second-order valence-electron chi connectivity index (χ2n) is 6.77. The molecule has 1 aliphatic heterocycles. The van der Waals surface area contributed by atoms with Crippen LogP contribution in [0.15, 0.2) is 48.5 Å². The lowest BCUT2D eigenvalue weighted by Crippen LogP contribution is -2.29. The summed E-state index contributed by atoms with van der Waals surface area (Å²) < 4.78 is 15.3. The van der Waals surface area contributed by atoms with Crippen molar-refractivity contribution >= 4 is 23.3 Å². The third-order valence-electron chi connectivity index (χ3n) is 4.65. The smallest absolute Gasteiger partial charge is 0.344 e. The second kappa shape index (κ2) is 10.4. The molecule has 2 aromatic carbocycles. The highest BCUT2D eigenvalue weighted by atomic mass is 16.6. The lowest BCUT2D eigenvalue weighted by molar-refractivity contribution is -0.149. The van der Waals surface area contributed by atoms with E-state index in [1.807, 2.05) is 24.3 Å². The number of rotatable bonds is 8. The first-order valence-electron chi connectivity index (χ1n) is 9.71. The van der Waals surface area contributed by atoms with Gasteiger partial charge in [-0.2, -0.15) is 0 Å². The Morgan fingerprint density at radius 3 is 2.21 bits per heavy atom. The van der Waals surface area contributed by atoms with Gasteiger partial charge >= 0.3 is 5.97 Å². The van der Waals surface area contributed by atoms with Gasteiger partial charge in [-0.3, -0.25) is 4.79 Å². The Balaban J connectivity index is 1.38. The number of benzene rings is 2. The van der Waals surface area contributed by atoms with Crippen molar-refractivity contribution in [3.8, 4) is 11.5 Å². The molecule has 0 bridgehead atoms. The van der Waals surface area contributed by atoms with E-state index in [9.17, 15) is 9.59 Å². The van der Waals surface area contributed by atoms with Gasteiger partial charge in [-0.1, -0.05) is 0 Å². The molecule has 0 atom stereocenters. The minimum Gasteiger partial charge on any atom is -0.497 e. The summed E-state index contributed by atoms with van der Waals surface area (Å²) >= 11 is 0. The number of esters is 1. The van der Waals surface area contributed by atoms with Gasteiger partial charge in [-0.15, -0.1) is 0 Å². The fraction of sp³-hybridized carbons (Fsp3) is 0.364. The van der Waals surface area contributed by atoms with Gasteiger partial charge in [0.15, 0.2) is 13.2 Å². The molecule has 1 N–H and O–H groups in total. The van der Waals surface area contributed by atoms with Gasteiger partial charge in [0.05, 0.1) is 7.11 Å². The average molecular weight is 398 g/mol. The standard InChI is InChI=1S/C22H26N2O5/c1-27-19-9-11-20(12-10-19)28-16-22(26)29-15-21(25)23-17-5-7-18(8-6-17)24-13-3-2-4-14-24/h5-12H,2-4,13-16H2,1H3,(H,23,25). The van der Waals surface area contributed by atoms with Crippen LogP contribution in [0.3, 0.4) is 0 Å². The molecule has 7 heteroatoms. The summed E-state index contributed by atoms with van der Waals surface area (Å²) in [5.41, 5.74) is 1.83. The minimum atomic E-state index is -0.614. The quantitative estimate of drug-likeness (QED) is 0.688. The van der Waals surface area contributed by atoms with E-state index in [0.29, 0.717) is 17.2 Å². The SMILES string of the molecule is COc1ccc(OCC(=O)OCC(=O)Nc2ccc(N3CCCCC3)cc2)cc1. The Morgan fingerprint density at radius 1 is 0.897 bits per heavy atom. The molecule has 1 aliphatic rings. The minimum absolute atomic E-state index is 0.274. The third kappa shape index (κ3) is 6.41. The van der Waals surface area contributed by atoms with E-state index in [-0.39, 0.29) is 13.2 Å². The van der Waals surface area contributed by atoms with E-state index >= 15 is 0 Å². The Morgan fingerprint density at radius 2 is 1.55 bits per heavy atom. The number of ether oxygens (including phenoxy) is 3. The summed E-state index contributed by atoms with van der Waals surface area (Å²) in [6, 6.07) is 14.5. The Hall–Kier alpha value is -3.22. The van der Waals surface area contributed by atoms with Crippen molar-refractivity contribution in [3.05, 3.63) is 48.5 Å². The molecule has 0 saturated carbocycles. The molecule has 1 heterocycles. The maximum Gasteiger partial charge on any atom is 0.344 e. The molecule has 1 saturated heterocycles. The van der Waals surface area contributed by atoms with Crippen molar-refractivity contribution in [2.24, 2.45) is 0 Å². The van der Waals surface area contributed by atoms with E-state index in [2.05, 4.69) is 10.2 Å². The predicted molar refractivity (Wildman–Crippen MR) is 111 cm³/mol. The van der Waals surface area contributed by atoms with Crippen molar-refractivity contribution in [3.63, 3.8) is 0 Å². The van der Waals surface area contributed by atoms with E-state index in [1.54, 1.807) is 31.4 Å². The molecule has 3 rings (SSSR count). The normalized spacial score (nSPS) is 13.5. The number of carbonyl (C=O) groups is 2. The first-order chi connectivity index (χ1) is 14.1. The van der Waals surface area contributed by atoms with Crippen molar-refractivity contribution in [2.75, 3.05) is 43.6 Å². The van der Waals surface area contributed by atoms with Gasteiger partial charge in [0.25, 0.3) is 5.91 Å². The molecule has 154 valence electrons. The van der Waals surface area contributed by atoms with Crippen molar-refractivity contribution < 1.29 is 23.8 Å². The number of piperidine rings is 1. The summed E-state index contributed by atoms with van der Waals surface area (Å²) in [7, 11) is 1.57. The molecular weight excluding hydrogens is 372 g/mol. The van der Waals surface area contributed by atoms with Crippen LogP contribution >= 0.6 is 0 Å². The maximum atomic E-state index is 12.0. The first-order valence-corrected chi connectivity index (χ1v) is 9.71. The van der Waals surface area contributed by atoms with E-state index in [1.165, 1.54) is 19.3 Å². The van der Waals surface area contributed by atoms with Crippen LogP contribution < -0.4 is 19.7 Å². The van der Waals surface area contributed by atoms with Gasteiger partial charge in [-0.05, 0) is 67.8 Å². The molecule has 1 amide bonds. The molecule has 2 aromatic rings. The van der Waals surface area contributed by atoms with Gasteiger partial charge < -0.3 is 24.4 Å². The number of methoxy groups -OCH3 is 1. The number of hydrogen-bond donors (Lipinski definition) is 1. The Kier molecular flexibility index (Phi) is 7.33. The third-order valence-corrected chi connectivity index (χ3v) is 4.65. The van der Waals surface area contributed by atoms with Gasteiger partial charge in [0.2, 0.25) is 0 Å². The fourth-order valence-corrected chi connectivity index (χ4v) is 3.11. The van der Waals surface area contributed by atoms with Crippen molar-refractivity contribution in [2.45, 2.75) is 19.3 Å². The lowest BCUT2D eigenvalue weighted by atomic mass is 10.1. The molecule has 7 nitrogen and oxygen atoms in total. The van der Waals surface area contributed by atoms with Crippen LogP contribution in [0.4, 0.5) is 11.4 Å². The summed E-state index contributed by atoms with van der Waals surface area (Å²) in [5.74, 6) is 0.200. The topological polar surface area (TPSA) is 77.1 Å². The van der Waals surface area contributed by atoms with Crippen LogP contribution in [0.25, 0.3) is 0 Å². The van der Waals surface area contributed by atoms with Crippen molar-refractivity contribution in [1.82, 2.24) is 0 Å². The number of carbonyl (C=O) groups excluding carboxylic acids is 2. The van der Waals surface area contributed by atoms with E-state index in [4.69, 9.17) is 14.2 Å². The summed E-state index contributed by atoms with van der Waals surface area (Å²) in [6.45, 7) is 1.50. The van der Waals surface area contributed by atoms with Gasteiger partial charge in [0.1, 0.15) is 11.5 Å². The lowest BCUT2D eigenvalue weighted by Gasteiger charge is -2.28. The zero-order chi connectivity index (χ0) is 20.5. The largest absolute Gasteiger partial charge is 0.497 e. The van der Waals surface area contributed by atoms with Crippen LogP contribution in [0.5, 0.6) is 11.5 Å². The zero-order valence-corrected chi connectivity index (χ0v) is 16.6. The van der Waals surface area contributed by atoms with Gasteiger partial charge in [-0.25, -0.2) is 4.79 Å². The highest BCUT2D eigenvalue weighted by Crippen LogP contribution is 2.21. The number of nitrogens with zero attached hydrogens (tertiary/aromatic N) is 1. The first kappa shape index (κ1) is 20.5. The number of hydrogen-bond acceptors (Lipinski definition) is 6. The highest BCUT2D eigenvalue weighted by Gasteiger charge is 2.12. The molecular formula is C22H26N2O5. The summed E-state index contributed by atoms with van der Waals surface area (Å²) in [4.78, 5) is 26.1. The molecule has 0 aliphatic carbocycles. The predicted octanol–water partition coefficient (Wildman–Crippen LogP) is 3.25. The van der Waals surface area contributed by atoms with Crippen LogP contribution in [-0.4, -0.2) is 45.3 Å². The van der Waals surface area contributed by atoms with Crippen LogP contribution in [0.1, 0.15) is 19.3 Å². The van der Waals surface area contributed by atoms with Gasteiger partial charge in [0, 0.05) is 24.5 Å². The average Bonchev–Trinajstić information content (AvgIpc) is 2.78. The molecule has 0 aromatic heterocycles.